The maximum atomic E-state index is 12.2. The molecule has 0 saturated carbocycles. The normalized spacial score (nSPS) is 11.2. The van der Waals surface area contributed by atoms with E-state index in [-0.39, 0.29) is 5.69 Å². The van der Waals surface area contributed by atoms with Crippen LogP contribution in [0.5, 0.6) is 0 Å². The molecule has 0 aromatic carbocycles. The topological polar surface area (TPSA) is 80.4 Å². The lowest BCUT2D eigenvalue weighted by molar-refractivity contribution is 0.0946. The van der Waals surface area contributed by atoms with E-state index in [4.69, 9.17) is 4.52 Å². The summed E-state index contributed by atoms with van der Waals surface area (Å²) in [7, 11) is 0. The molecule has 1 amide bonds. The largest absolute Gasteiger partial charge is 0.360 e. The summed E-state index contributed by atoms with van der Waals surface area (Å²) in [6, 6.07) is 3.82. The molecule has 8 heteroatoms. The van der Waals surface area contributed by atoms with Gasteiger partial charge in [0.2, 0.25) is 0 Å². The second-order valence-corrected chi connectivity index (χ2v) is 6.47. The number of thiophene rings is 1. The number of carbonyl (C=O) groups is 1. The van der Waals surface area contributed by atoms with Crippen LogP contribution in [-0.2, 0) is 0 Å². The SMILES string of the molecule is Cc1nc(-c2c(C(=O)NN=Cc3cccs3)noc2C)cs1. The fraction of sp³-hybridized carbons (Fsp3) is 0.143. The van der Waals surface area contributed by atoms with E-state index in [1.807, 2.05) is 29.8 Å². The van der Waals surface area contributed by atoms with Gasteiger partial charge in [-0.1, -0.05) is 11.2 Å². The number of rotatable bonds is 4. The number of hydrazone groups is 1. The van der Waals surface area contributed by atoms with Crippen molar-refractivity contribution in [1.82, 2.24) is 15.6 Å². The molecule has 0 spiro atoms. The number of aromatic nitrogens is 2. The molecule has 112 valence electrons. The highest BCUT2D eigenvalue weighted by Gasteiger charge is 2.22. The van der Waals surface area contributed by atoms with Gasteiger partial charge in [0, 0.05) is 10.3 Å². The second kappa shape index (κ2) is 6.20. The van der Waals surface area contributed by atoms with Gasteiger partial charge < -0.3 is 4.52 Å². The molecule has 3 heterocycles. The molecular formula is C14H12N4O2S2. The van der Waals surface area contributed by atoms with Crippen LogP contribution in [0.3, 0.4) is 0 Å². The smallest absolute Gasteiger partial charge is 0.294 e. The van der Waals surface area contributed by atoms with Crippen molar-refractivity contribution in [2.24, 2.45) is 5.10 Å². The van der Waals surface area contributed by atoms with Gasteiger partial charge in [-0.15, -0.1) is 22.7 Å². The van der Waals surface area contributed by atoms with Crippen molar-refractivity contribution in [3.05, 3.63) is 44.2 Å². The van der Waals surface area contributed by atoms with Crippen LogP contribution >= 0.6 is 22.7 Å². The molecule has 1 N–H and O–H groups in total. The average molecular weight is 332 g/mol. The highest BCUT2D eigenvalue weighted by molar-refractivity contribution is 7.11. The highest BCUT2D eigenvalue weighted by atomic mass is 32.1. The molecule has 3 aromatic heterocycles. The van der Waals surface area contributed by atoms with Crippen molar-refractivity contribution in [1.29, 1.82) is 0 Å². The van der Waals surface area contributed by atoms with E-state index in [1.165, 1.54) is 22.7 Å². The zero-order valence-electron chi connectivity index (χ0n) is 11.9. The van der Waals surface area contributed by atoms with Gasteiger partial charge >= 0.3 is 0 Å². The van der Waals surface area contributed by atoms with Gasteiger partial charge in [-0.25, -0.2) is 10.4 Å². The first-order valence-electron chi connectivity index (χ1n) is 6.41. The standard InChI is InChI=1S/C14H12N4O2S2/c1-8-12(11-7-22-9(2)16-11)13(18-20-8)14(19)17-15-6-10-4-3-5-21-10/h3-7H,1-2H3,(H,17,19). The molecule has 3 rings (SSSR count). The fourth-order valence-electron chi connectivity index (χ4n) is 1.88. The third-order valence-electron chi connectivity index (χ3n) is 2.85. The molecule has 0 aliphatic carbocycles. The van der Waals surface area contributed by atoms with Gasteiger partial charge in [0.25, 0.3) is 5.91 Å². The Hall–Kier alpha value is -2.32. The van der Waals surface area contributed by atoms with Crippen LogP contribution in [0.2, 0.25) is 0 Å². The number of hydrogen-bond donors (Lipinski definition) is 1. The monoisotopic (exact) mass is 332 g/mol. The third-order valence-corrected chi connectivity index (χ3v) is 4.43. The summed E-state index contributed by atoms with van der Waals surface area (Å²) >= 11 is 3.04. The van der Waals surface area contributed by atoms with Crippen molar-refractivity contribution >= 4 is 34.8 Å². The van der Waals surface area contributed by atoms with Gasteiger partial charge in [-0.3, -0.25) is 4.79 Å². The zero-order valence-corrected chi connectivity index (χ0v) is 13.5. The van der Waals surface area contributed by atoms with E-state index in [2.05, 4.69) is 20.7 Å². The van der Waals surface area contributed by atoms with Gasteiger partial charge in [0.05, 0.1) is 22.5 Å². The maximum Gasteiger partial charge on any atom is 0.294 e. The predicted octanol–water partition coefficient (Wildman–Crippen LogP) is 3.24. The van der Waals surface area contributed by atoms with E-state index in [9.17, 15) is 4.79 Å². The van der Waals surface area contributed by atoms with Crippen LogP contribution in [-0.4, -0.2) is 22.3 Å². The van der Waals surface area contributed by atoms with Gasteiger partial charge in [-0.2, -0.15) is 5.10 Å². The maximum absolute atomic E-state index is 12.2. The Morgan fingerprint density at radius 3 is 2.95 bits per heavy atom. The van der Waals surface area contributed by atoms with Crippen LogP contribution in [0, 0.1) is 13.8 Å². The van der Waals surface area contributed by atoms with Crippen molar-refractivity contribution in [3.8, 4) is 11.3 Å². The summed E-state index contributed by atoms with van der Waals surface area (Å²) in [6.07, 6.45) is 1.59. The summed E-state index contributed by atoms with van der Waals surface area (Å²) in [6.45, 7) is 3.66. The first-order valence-corrected chi connectivity index (χ1v) is 8.17. The Kier molecular flexibility index (Phi) is 4.12. The summed E-state index contributed by atoms with van der Waals surface area (Å²) in [5.41, 5.74) is 3.94. The molecule has 0 fully saturated rings. The van der Waals surface area contributed by atoms with Crippen molar-refractivity contribution in [3.63, 3.8) is 0 Å². The fourth-order valence-corrected chi connectivity index (χ4v) is 3.07. The number of hydrogen-bond acceptors (Lipinski definition) is 7. The molecule has 0 atom stereocenters. The van der Waals surface area contributed by atoms with E-state index in [0.717, 1.165) is 9.88 Å². The minimum Gasteiger partial charge on any atom is -0.360 e. The first-order chi connectivity index (χ1) is 10.6. The van der Waals surface area contributed by atoms with Crippen molar-refractivity contribution in [2.45, 2.75) is 13.8 Å². The minimum absolute atomic E-state index is 0.186. The predicted molar refractivity (Wildman–Crippen MR) is 86.5 cm³/mol. The van der Waals surface area contributed by atoms with E-state index in [1.54, 1.807) is 13.1 Å². The lowest BCUT2D eigenvalue weighted by atomic mass is 10.1. The molecular weight excluding hydrogens is 320 g/mol. The molecule has 3 aromatic rings. The van der Waals surface area contributed by atoms with Crippen LogP contribution in [0.4, 0.5) is 0 Å². The Balaban J connectivity index is 1.81. The third kappa shape index (κ3) is 2.97. The summed E-state index contributed by atoms with van der Waals surface area (Å²) in [5.74, 6) is 0.128. The molecule has 0 saturated heterocycles. The molecule has 6 nitrogen and oxygen atoms in total. The Labute approximate surface area is 134 Å². The lowest BCUT2D eigenvalue weighted by Gasteiger charge is -1.98. The number of carbonyl (C=O) groups excluding carboxylic acids is 1. The number of thiazole rings is 1. The zero-order chi connectivity index (χ0) is 15.5. The molecule has 0 aliphatic heterocycles. The highest BCUT2D eigenvalue weighted by Crippen LogP contribution is 2.28. The second-order valence-electron chi connectivity index (χ2n) is 4.43. The number of aryl methyl sites for hydroxylation is 2. The van der Waals surface area contributed by atoms with Crippen LogP contribution in [0.15, 0.2) is 32.5 Å². The van der Waals surface area contributed by atoms with Crippen LogP contribution < -0.4 is 5.43 Å². The number of nitrogens with zero attached hydrogens (tertiary/aromatic N) is 3. The van der Waals surface area contributed by atoms with Crippen LogP contribution in [0.25, 0.3) is 11.3 Å². The number of amides is 1. The molecule has 0 radical (unpaired) electrons. The lowest BCUT2D eigenvalue weighted by Crippen LogP contribution is -2.18. The molecule has 0 unspecified atom stereocenters. The Morgan fingerprint density at radius 2 is 2.27 bits per heavy atom. The summed E-state index contributed by atoms with van der Waals surface area (Å²) in [4.78, 5) is 17.5. The molecule has 22 heavy (non-hydrogen) atoms. The summed E-state index contributed by atoms with van der Waals surface area (Å²) in [5, 5.41) is 12.5. The average Bonchev–Trinajstić information content (AvgIpc) is 3.20. The van der Waals surface area contributed by atoms with Crippen molar-refractivity contribution < 1.29 is 9.32 Å². The quantitative estimate of drug-likeness (QED) is 0.587. The number of nitrogens with one attached hydrogen (secondary N) is 1. The van der Waals surface area contributed by atoms with Crippen LogP contribution in [0.1, 0.15) is 26.1 Å². The van der Waals surface area contributed by atoms with Crippen molar-refractivity contribution in [2.75, 3.05) is 0 Å². The van der Waals surface area contributed by atoms with Gasteiger partial charge in [0.15, 0.2) is 5.69 Å². The molecule has 0 aliphatic rings. The summed E-state index contributed by atoms with van der Waals surface area (Å²) < 4.78 is 5.14. The first kappa shape index (κ1) is 14.6. The molecule has 0 bridgehead atoms. The Morgan fingerprint density at radius 1 is 1.41 bits per heavy atom. The minimum atomic E-state index is -0.426. The Bertz CT molecular complexity index is 818. The van der Waals surface area contributed by atoms with E-state index < -0.39 is 5.91 Å². The van der Waals surface area contributed by atoms with E-state index in [0.29, 0.717) is 17.0 Å². The van der Waals surface area contributed by atoms with Gasteiger partial charge in [-0.05, 0) is 25.3 Å². The van der Waals surface area contributed by atoms with E-state index >= 15 is 0 Å². The van der Waals surface area contributed by atoms with Gasteiger partial charge in [0.1, 0.15) is 5.76 Å².